The van der Waals surface area contributed by atoms with Crippen LogP contribution in [0.4, 0.5) is 0 Å². The Hall–Kier alpha value is -0.650. The maximum absolute atomic E-state index is 11.9. The number of likely N-dealkylation sites (N-methyl/N-ethyl adjacent to an activating group) is 2. The van der Waals surface area contributed by atoms with E-state index in [0.717, 1.165) is 31.8 Å². The Kier molecular flexibility index (Phi) is 5.04. The number of likely N-dealkylation sites (tertiary alicyclic amines) is 1. The number of primary amides is 1. The van der Waals surface area contributed by atoms with Crippen molar-refractivity contribution in [2.24, 2.45) is 17.6 Å². The third kappa shape index (κ3) is 3.51. The number of hydrogen-bond acceptors (Lipinski definition) is 4. The SMILES string of the molecule is CNC(CN(C)CC1CCN(C)CC1)(C(N)=O)C1CC1. The summed E-state index contributed by atoms with van der Waals surface area (Å²) < 4.78 is 0. The maximum atomic E-state index is 11.9. The van der Waals surface area contributed by atoms with Gasteiger partial charge in [-0.3, -0.25) is 4.79 Å². The van der Waals surface area contributed by atoms with E-state index >= 15 is 0 Å². The Morgan fingerprint density at radius 1 is 1.35 bits per heavy atom. The molecule has 20 heavy (non-hydrogen) atoms. The summed E-state index contributed by atoms with van der Waals surface area (Å²) in [7, 11) is 6.17. The topological polar surface area (TPSA) is 61.6 Å². The predicted molar refractivity (Wildman–Crippen MR) is 81.4 cm³/mol. The van der Waals surface area contributed by atoms with Crippen LogP contribution in [0.5, 0.6) is 0 Å². The molecule has 2 rings (SSSR count). The third-order valence-corrected chi connectivity index (χ3v) is 5.09. The molecule has 0 spiro atoms. The van der Waals surface area contributed by atoms with Gasteiger partial charge in [0.1, 0.15) is 5.54 Å². The maximum Gasteiger partial charge on any atom is 0.239 e. The van der Waals surface area contributed by atoms with Crippen LogP contribution in [0.2, 0.25) is 0 Å². The molecule has 1 aliphatic carbocycles. The van der Waals surface area contributed by atoms with Gasteiger partial charge in [0.05, 0.1) is 0 Å². The monoisotopic (exact) mass is 282 g/mol. The second-order valence-electron chi connectivity index (χ2n) is 6.80. The molecule has 2 fully saturated rings. The van der Waals surface area contributed by atoms with Crippen molar-refractivity contribution in [1.82, 2.24) is 15.1 Å². The van der Waals surface area contributed by atoms with Crippen LogP contribution in [0.1, 0.15) is 25.7 Å². The van der Waals surface area contributed by atoms with Crippen LogP contribution in [0.15, 0.2) is 0 Å². The molecule has 0 radical (unpaired) electrons. The summed E-state index contributed by atoms with van der Waals surface area (Å²) >= 11 is 0. The van der Waals surface area contributed by atoms with Gasteiger partial charge in [-0.2, -0.15) is 0 Å². The molecule has 5 heteroatoms. The van der Waals surface area contributed by atoms with Gasteiger partial charge >= 0.3 is 0 Å². The number of rotatable bonds is 7. The van der Waals surface area contributed by atoms with Crippen LogP contribution in [-0.4, -0.2) is 68.6 Å². The minimum Gasteiger partial charge on any atom is -0.368 e. The molecule has 0 aromatic carbocycles. The highest BCUT2D eigenvalue weighted by molar-refractivity contribution is 5.85. The standard InChI is InChI=1S/C15H30N4O/c1-17-15(14(16)20,13-4-5-13)11-19(3)10-12-6-8-18(2)9-7-12/h12-13,17H,4-11H2,1-3H3,(H2,16,20). The van der Waals surface area contributed by atoms with E-state index in [9.17, 15) is 4.79 Å². The Labute approximate surface area is 122 Å². The number of hydrogen-bond donors (Lipinski definition) is 2. The molecule has 1 saturated heterocycles. The highest BCUT2D eigenvalue weighted by Crippen LogP contribution is 2.40. The summed E-state index contributed by atoms with van der Waals surface area (Å²) in [5.41, 5.74) is 5.16. The number of carbonyl (C=O) groups excluding carboxylic acids is 1. The van der Waals surface area contributed by atoms with Gasteiger partial charge in [0.25, 0.3) is 0 Å². The first-order valence-corrected chi connectivity index (χ1v) is 7.84. The van der Waals surface area contributed by atoms with E-state index in [1.165, 1.54) is 25.9 Å². The number of nitrogens with two attached hydrogens (primary N) is 1. The van der Waals surface area contributed by atoms with Gasteiger partial charge in [0, 0.05) is 13.1 Å². The Morgan fingerprint density at radius 2 is 1.95 bits per heavy atom. The highest BCUT2D eigenvalue weighted by Gasteiger charge is 2.49. The molecular weight excluding hydrogens is 252 g/mol. The summed E-state index contributed by atoms with van der Waals surface area (Å²) in [5, 5.41) is 3.23. The van der Waals surface area contributed by atoms with Crippen molar-refractivity contribution in [2.75, 3.05) is 47.3 Å². The summed E-state index contributed by atoms with van der Waals surface area (Å²) in [6.45, 7) is 4.18. The van der Waals surface area contributed by atoms with Gasteiger partial charge in [0.15, 0.2) is 0 Å². The lowest BCUT2D eigenvalue weighted by Gasteiger charge is -2.37. The summed E-state index contributed by atoms with van der Waals surface area (Å²) in [6, 6.07) is 0. The number of nitrogens with zero attached hydrogens (tertiary/aromatic N) is 2. The fourth-order valence-electron chi connectivity index (χ4n) is 3.57. The normalized spacial score (nSPS) is 24.8. The molecule has 116 valence electrons. The molecule has 0 aromatic heterocycles. The van der Waals surface area contributed by atoms with Gasteiger partial charge in [-0.15, -0.1) is 0 Å². The van der Waals surface area contributed by atoms with Crippen molar-refractivity contribution in [1.29, 1.82) is 0 Å². The van der Waals surface area contributed by atoms with E-state index in [1.54, 1.807) is 0 Å². The summed E-state index contributed by atoms with van der Waals surface area (Å²) in [5.74, 6) is 0.973. The Morgan fingerprint density at radius 3 is 2.40 bits per heavy atom. The lowest BCUT2D eigenvalue weighted by molar-refractivity contribution is -0.126. The summed E-state index contributed by atoms with van der Waals surface area (Å²) in [6.07, 6.45) is 4.75. The van der Waals surface area contributed by atoms with Crippen LogP contribution in [0, 0.1) is 11.8 Å². The van der Waals surface area contributed by atoms with E-state index in [-0.39, 0.29) is 5.91 Å². The molecule has 5 nitrogen and oxygen atoms in total. The first kappa shape index (κ1) is 15.7. The van der Waals surface area contributed by atoms with E-state index in [4.69, 9.17) is 5.73 Å². The van der Waals surface area contributed by atoms with Gasteiger partial charge in [-0.05, 0) is 71.8 Å². The van der Waals surface area contributed by atoms with Crippen molar-refractivity contribution >= 4 is 5.91 Å². The van der Waals surface area contributed by atoms with Crippen LogP contribution in [0.3, 0.4) is 0 Å². The first-order chi connectivity index (χ1) is 9.48. The number of carbonyl (C=O) groups is 1. The van der Waals surface area contributed by atoms with Crippen molar-refractivity contribution in [3.8, 4) is 0 Å². The van der Waals surface area contributed by atoms with Crippen molar-refractivity contribution < 1.29 is 4.79 Å². The first-order valence-electron chi connectivity index (χ1n) is 7.84. The summed E-state index contributed by atoms with van der Waals surface area (Å²) in [4.78, 5) is 16.6. The lowest BCUT2D eigenvalue weighted by Crippen LogP contribution is -2.62. The highest BCUT2D eigenvalue weighted by atomic mass is 16.1. The van der Waals surface area contributed by atoms with Crippen LogP contribution >= 0.6 is 0 Å². The lowest BCUT2D eigenvalue weighted by atomic mass is 9.90. The van der Waals surface area contributed by atoms with Gasteiger partial charge < -0.3 is 20.9 Å². The average molecular weight is 282 g/mol. The van der Waals surface area contributed by atoms with Crippen LogP contribution in [0.25, 0.3) is 0 Å². The van der Waals surface area contributed by atoms with Crippen molar-refractivity contribution in [3.63, 3.8) is 0 Å². The van der Waals surface area contributed by atoms with E-state index < -0.39 is 5.54 Å². The minimum absolute atomic E-state index is 0.197. The molecule has 1 saturated carbocycles. The Balaban J connectivity index is 1.88. The van der Waals surface area contributed by atoms with E-state index in [0.29, 0.717) is 5.92 Å². The molecule has 3 N–H and O–H groups in total. The zero-order valence-corrected chi connectivity index (χ0v) is 13.2. The fourth-order valence-corrected chi connectivity index (χ4v) is 3.57. The molecule has 0 aromatic rings. The fraction of sp³-hybridized carbons (Fsp3) is 0.933. The molecule has 2 aliphatic rings. The quantitative estimate of drug-likeness (QED) is 0.696. The van der Waals surface area contributed by atoms with E-state index in [2.05, 4.69) is 29.2 Å². The average Bonchev–Trinajstić information content (AvgIpc) is 3.23. The molecular formula is C15H30N4O. The minimum atomic E-state index is -0.528. The number of amides is 1. The zero-order chi connectivity index (χ0) is 14.8. The van der Waals surface area contributed by atoms with Gasteiger partial charge in [0.2, 0.25) is 5.91 Å². The van der Waals surface area contributed by atoms with Gasteiger partial charge in [-0.25, -0.2) is 0 Å². The largest absolute Gasteiger partial charge is 0.368 e. The van der Waals surface area contributed by atoms with Crippen LogP contribution in [-0.2, 0) is 4.79 Å². The number of piperidine rings is 1. The second-order valence-corrected chi connectivity index (χ2v) is 6.80. The van der Waals surface area contributed by atoms with Crippen LogP contribution < -0.4 is 11.1 Å². The number of nitrogens with one attached hydrogen (secondary N) is 1. The van der Waals surface area contributed by atoms with Crippen molar-refractivity contribution in [2.45, 2.75) is 31.2 Å². The smallest absolute Gasteiger partial charge is 0.239 e. The molecule has 1 aliphatic heterocycles. The molecule has 1 unspecified atom stereocenters. The van der Waals surface area contributed by atoms with E-state index in [1.807, 2.05) is 7.05 Å². The third-order valence-electron chi connectivity index (χ3n) is 5.09. The Bertz CT molecular complexity index is 337. The second kappa shape index (κ2) is 6.41. The molecule has 0 bridgehead atoms. The van der Waals surface area contributed by atoms with Crippen molar-refractivity contribution in [3.05, 3.63) is 0 Å². The zero-order valence-electron chi connectivity index (χ0n) is 13.2. The van der Waals surface area contributed by atoms with Gasteiger partial charge in [-0.1, -0.05) is 0 Å². The predicted octanol–water partition coefficient (Wildman–Crippen LogP) is 0.114. The molecule has 1 heterocycles. The molecule has 1 amide bonds. The molecule has 1 atom stereocenters.